The minimum absolute atomic E-state index is 0.178. The number of nitrogens with zero attached hydrogens (tertiary/aromatic N) is 1. The number of hydrogen-bond donors (Lipinski definition) is 0. The lowest BCUT2D eigenvalue weighted by atomic mass is 10.1. The third-order valence-corrected chi connectivity index (χ3v) is 6.61. The van der Waals surface area contributed by atoms with Crippen LogP contribution in [0.1, 0.15) is 83.6 Å². The van der Waals surface area contributed by atoms with E-state index in [4.69, 9.17) is 11.6 Å². The maximum absolute atomic E-state index is 10.4. The second-order valence-corrected chi connectivity index (χ2v) is 10.3. The molecule has 0 radical (unpaired) electrons. The smallest absolute Gasteiger partial charge is 0.124 e. The van der Waals surface area contributed by atoms with Crippen LogP contribution in [0.25, 0.3) is 0 Å². The lowest BCUT2D eigenvalue weighted by molar-refractivity contribution is -0.910. The summed E-state index contributed by atoms with van der Waals surface area (Å²) < 4.78 is 32.4. The number of unbranched alkanes of at least 4 members (excludes halogenated alkanes) is 7. The van der Waals surface area contributed by atoms with Gasteiger partial charge in [0.1, 0.15) is 10.1 Å². The molecule has 0 saturated heterocycles. The minimum atomic E-state index is -4.27. The Morgan fingerprint density at radius 2 is 1.23 bits per heavy atom. The highest BCUT2D eigenvalue weighted by Gasteiger charge is 2.19. The molecule has 0 bridgehead atoms. The maximum atomic E-state index is 10.4. The highest BCUT2D eigenvalue weighted by Crippen LogP contribution is 2.13. The van der Waals surface area contributed by atoms with Gasteiger partial charge in [0.2, 0.25) is 0 Å². The van der Waals surface area contributed by atoms with E-state index in [0.29, 0.717) is 0 Å². The summed E-state index contributed by atoms with van der Waals surface area (Å²) in [6.07, 6.45) is 13.7. The minimum Gasteiger partial charge on any atom is -0.744 e. The Bertz CT molecular complexity index is 634. The first kappa shape index (κ1) is 29.4. The largest absolute Gasteiger partial charge is 0.744 e. The van der Waals surface area contributed by atoms with Gasteiger partial charge in [-0.2, -0.15) is 0 Å². The molecule has 0 aromatic heterocycles. The molecule has 0 aliphatic heterocycles. The highest BCUT2D eigenvalue weighted by molar-refractivity contribution is 7.85. The van der Waals surface area contributed by atoms with Gasteiger partial charge in [0.05, 0.1) is 31.6 Å². The Kier molecular flexibility index (Phi) is 16.6. The van der Waals surface area contributed by atoms with Gasteiger partial charge >= 0.3 is 0 Å². The summed E-state index contributed by atoms with van der Waals surface area (Å²) in [5, 5.41) is 0. The first-order valence-corrected chi connectivity index (χ1v) is 13.5. The first-order chi connectivity index (χ1) is 14.2. The summed E-state index contributed by atoms with van der Waals surface area (Å²) in [5.41, 5.74) is 0.928. The van der Waals surface area contributed by atoms with E-state index in [1.165, 1.54) is 100 Å². The molecule has 1 aromatic carbocycles. The standard InChI is InChI=1S/C17H37ClN.C7H8O3S/c1-4-6-8-10-12-16-19(3,17-13-14-18)15-11-9-7-5-2;1-6-2-4-7(5-3-6)11(8,9)10/h4-17H2,1-3H3;2-5H,1H3,(H,8,9,10)/q+1;/p-1. The van der Waals surface area contributed by atoms with Crippen molar-refractivity contribution in [2.45, 2.75) is 89.9 Å². The maximum Gasteiger partial charge on any atom is 0.124 e. The van der Waals surface area contributed by atoms with Crippen molar-refractivity contribution in [1.29, 1.82) is 0 Å². The lowest BCUT2D eigenvalue weighted by Gasteiger charge is -2.35. The monoisotopic (exact) mass is 461 g/mol. The van der Waals surface area contributed by atoms with Crippen molar-refractivity contribution in [3.05, 3.63) is 29.8 Å². The van der Waals surface area contributed by atoms with E-state index in [1.54, 1.807) is 12.1 Å². The summed E-state index contributed by atoms with van der Waals surface area (Å²) in [6, 6.07) is 5.78. The highest BCUT2D eigenvalue weighted by atomic mass is 35.5. The molecule has 4 nitrogen and oxygen atoms in total. The predicted octanol–water partition coefficient (Wildman–Crippen LogP) is 6.51. The van der Waals surface area contributed by atoms with Crippen LogP contribution < -0.4 is 0 Å². The molecule has 0 amide bonds. The van der Waals surface area contributed by atoms with E-state index >= 15 is 0 Å². The molecule has 1 aromatic rings. The number of alkyl halides is 1. The van der Waals surface area contributed by atoms with Crippen LogP contribution in [0.2, 0.25) is 0 Å². The average Bonchev–Trinajstić information content (AvgIpc) is 2.70. The molecule has 1 rings (SSSR count). The van der Waals surface area contributed by atoms with Gasteiger partial charge in [0.25, 0.3) is 0 Å². The van der Waals surface area contributed by atoms with Crippen molar-refractivity contribution in [1.82, 2.24) is 0 Å². The van der Waals surface area contributed by atoms with Crippen LogP contribution in [0.15, 0.2) is 29.2 Å². The van der Waals surface area contributed by atoms with E-state index in [1.807, 2.05) is 6.92 Å². The second-order valence-electron chi connectivity index (χ2n) is 8.57. The lowest BCUT2D eigenvalue weighted by Crippen LogP contribution is -2.46. The van der Waals surface area contributed by atoms with Crippen LogP contribution in [-0.4, -0.2) is 50.0 Å². The number of aryl methyl sites for hydroxylation is 1. The molecule has 0 N–H and O–H groups in total. The molecule has 0 spiro atoms. The Morgan fingerprint density at radius 3 is 1.67 bits per heavy atom. The first-order valence-electron chi connectivity index (χ1n) is 11.6. The molecule has 0 heterocycles. The van der Waals surface area contributed by atoms with E-state index in [0.717, 1.165) is 11.4 Å². The fourth-order valence-electron chi connectivity index (χ4n) is 3.50. The molecule has 0 fully saturated rings. The van der Waals surface area contributed by atoms with Crippen molar-refractivity contribution >= 4 is 21.7 Å². The number of rotatable bonds is 15. The molecule has 6 heteroatoms. The van der Waals surface area contributed by atoms with Crippen LogP contribution in [0.3, 0.4) is 0 Å². The Balaban J connectivity index is 0.000000642. The van der Waals surface area contributed by atoms with Crippen LogP contribution in [0.5, 0.6) is 0 Å². The molecule has 0 aliphatic carbocycles. The molecule has 1 atom stereocenters. The summed E-state index contributed by atoms with van der Waals surface area (Å²) in [5.74, 6) is 0.818. The number of halogens is 1. The van der Waals surface area contributed by atoms with Gasteiger partial charge in [-0.05, 0) is 44.7 Å². The summed E-state index contributed by atoms with van der Waals surface area (Å²) in [7, 11) is -1.83. The van der Waals surface area contributed by atoms with Gasteiger partial charge in [0, 0.05) is 12.3 Å². The summed E-state index contributed by atoms with van der Waals surface area (Å²) in [6.45, 7) is 10.4. The molecular weight excluding hydrogens is 418 g/mol. The Labute approximate surface area is 191 Å². The fraction of sp³-hybridized carbons (Fsp3) is 0.750. The van der Waals surface area contributed by atoms with Crippen LogP contribution in [-0.2, 0) is 10.1 Å². The van der Waals surface area contributed by atoms with Gasteiger partial charge in [-0.15, -0.1) is 11.6 Å². The van der Waals surface area contributed by atoms with Crippen molar-refractivity contribution in [3.63, 3.8) is 0 Å². The zero-order valence-electron chi connectivity index (χ0n) is 19.7. The van der Waals surface area contributed by atoms with Crippen molar-refractivity contribution in [3.8, 4) is 0 Å². The average molecular weight is 462 g/mol. The zero-order valence-corrected chi connectivity index (χ0v) is 21.2. The van der Waals surface area contributed by atoms with Crippen molar-refractivity contribution in [2.75, 3.05) is 32.6 Å². The molecular formula is C24H44ClNO3S. The van der Waals surface area contributed by atoms with E-state index in [9.17, 15) is 13.0 Å². The van der Waals surface area contributed by atoms with Crippen molar-refractivity contribution < 1.29 is 17.5 Å². The quantitative estimate of drug-likeness (QED) is 0.129. The van der Waals surface area contributed by atoms with Crippen molar-refractivity contribution in [2.24, 2.45) is 0 Å². The van der Waals surface area contributed by atoms with E-state index < -0.39 is 10.1 Å². The number of benzene rings is 1. The number of hydrogen-bond acceptors (Lipinski definition) is 3. The van der Waals surface area contributed by atoms with E-state index in [-0.39, 0.29) is 4.90 Å². The Morgan fingerprint density at radius 1 is 0.800 bits per heavy atom. The van der Waals surface area contributed by atoms with Gasteiger partial charge < -0.3 is 9.04 Å². The topological polar surface area (TPSA) is 57.2 Å². The molecule has 176 valence electrons. The van der Waals surface area contributed by atoms with Gasteiger partial charge in [0.15, 0.2) is 0 Å². The summed E-state index contributed by atoms with van der Waals surface area (Å²) >= 11 is 5.88. The van der Waals surface area contributed by atoms with Gasteiger partial charge in [-0.1, -0.05) is 63.6 Å². The van der Waals surface area contributed by atoms with Gasteiger partial charge in [-0.25, -0.2) is 8.42 Å². The van der Waals surface area contributed by atoms with Gasteiger partial charge in [-0.3, -0.25) is 0 Å². The fourth-order valence-corrected chi connectivity index (χ4v) is 4.09. The SMILES string of the molecule is CCCCCCC[N+](C)(CCCCl)CCCCCC.Cc1ccc(S(=O)(=O)[O-])cc1. The summed E-state index contributed by atoms with van der Waals surface area (Å²) in [4.78, 5) is -0.178. The third kappa shape index (κ3) is 15.2. The molecule has 30 heavy (non-hydrogen) atoms. The predicted molar refractivity (Wildman–Crippen MR) is 128 cm³/mol. The zero-order chi connectivity index (χ0) is 22.9. The van der Waals surface area contributed by atoms with Crippen LogP contribution in [0, 0.1) is 6.92 Å². The molecule has 0 saturated carbocycles. The second kappa shape index (κ2) is 17.0. The van der Waals surface area contributed by atoms with Crippen LogP contribution >= 0.6 is 11.6 Å². The van der Waals surface area contributed by atoms with E-state index in [2.05, 4.69) is 20.9 Å². The number of quaternary nitrogens is 1. The third-order valence-electron chi connectivity index (χ3n) is 5.49. The normalized spacial score (nSPS) is 13.4. The van der Waals surface area contributed by atoms with Crippen LogP contribution in [0.4, 0.5) is 0 Å². The molecule has 0 aliphatic rings. The Hall–Kier alpha value is -0.620. The molecule has 1 unspecified atom stereocenters.